The van der Waals surface area contributed by atoms with E-state index in [0.717, 1.165) is 15.6 Å². The molecule has 1 atom stereocenters. The molecule has 0 radical (unpaired) electrons. The molecule has 1 aliphatic heterocycles. The largest absolute Gasteiger partial charge is 0.370 e. The van der Waals surface area contributed by atoms with E-state index in [1.54, 1.807) is 0 Å². The fourth-order valence-electron chi connectivity index (χ4n) is 2.60. The molecule has 1 heterocycles. The van der Waals surface area contributed by atoms with Crippen LogP contribution in [0.3, 0.4) is 0 Å². The van der Waals surface area contributed by atoms with Crippen LogP contribution in [0.2, 0.25) is 0 Å². The molecule has 1 saturated heterocycles. The minimum absolute atomic E-state index is 0.0423. The van der Waals surface area contributed by atoms with Crippen LogP contribution < -0.4 is 5.32 Å². The van der Waals surface area contributed by atoms with E-state index in [1.165, 1.54) is 0 Å². The summed E-state index contributed by atoms with van der Waals surface area (Å²) in [6, 6.07) is 17.9. The maximum atomic E-state index is 12.4. The standard InChI is InChI=1S/C18H19BrN2O2/c19-16-8-6-15(7-9-16)17-13-21(10-11-23-17)18(22)20-12-14-4-2-1-3-5-14/h1-9,17H,10-13H2,(H,20,22). The minimum atomic E-state index is -0.0701. The summed E-state index contributed by atoms with van der Waals surface area (Å²) in [5, 5.41) is 2.97. The zero-order valence-corrected chi connectivity index (χ0v) is 14.3. The van der Waals surface area contributed by atoms with Crippen molar-refractivity contribution in [2.75, 3.05) is 19.7 Å². The number of benzene rings is 2. The van der Waals surface area contributed by atoms with Gasteiger partial charge in [0.25, 0.3) is 0 Å². The molecule has 3 rings (SSSR count). The molecule has 23 heavy (non-hydrogen) atoms. The number of hydrogen-bond donors (Lipinski definition) is 1. The lowest BCUT2D eigenvalue weighted by Gasteiger charge is -2.33. The van der Waals surface area contributed by atoms with Gasteiger partial charge in [0.15, 0.2) is 0 Å². The van der Waals surface area contributed by atoms with Crippen LogP contribution >= 0.6 is 15.9 Å². The van der Waals surface area contributed by atoms with Gasteiger partial charge in [0.2, 0.25) is 0 Å². The number of ether oxygens (including phenoxy) is 1. The number of carbonyl (C=O) groups is 1. The third-order valence-electron chi connectivity index (χ3n) is 3.88. The second-order valence-corrected chi connectivity index (χ2v) is 6.42. The van der Waals surface area contributed by atoms with Gasteiger partial charge in [-0.15, -0.1) is 0 Å². The summed E-state index contributed by atoms with van der Waals surface area (Å²) in [7, 11) is 0. The molecule has 1 N–H and O–H groups in total. The van der Waals surface area contributed by atoms with Gasteiger partial charge in [-0.3, -0.25) is 0 Å². The summed E-state index contributed by atoms with van der Waals surface area (Å²) >= 11 is 3.43. The monoisotopic (exact) mass is 374 g/mol. The fraction of sp³-hybridized carbons (Fsp3) is 0.278. The molecule has 1 fully saturated rings. The highest BCUT2D eigenvalue weighted by Gasteiger charge is 2.25. The molecule has 4 nitrogen and oxygen atoms in total. The first-order chi connectivity index (χ1) is 11.2. The molecular formula is C18H19BrN2O2. The van der Waals surface area contributed by atoms with Crippen molar-refractivity contribution < 1.29 is 9.53 Å². The van der Waals surface area contributed by atoms with E-state index in [1.807, 2.05) is 59.5 Å². The average Bonchev–Trinajstić information content (AvgIpc) is 2.61. The highest BCUT2D eigenvalue weighted by Crippen LogP contribution is 2.23. The Kier molecular flexibility index (Phi) is 5.31. The molecule has 120 valence electrons. The zero-order chi connectivity index (χ0) is 16.1. The molecular weight excluding hydrogens is 356 g/mol. The summed E-state index contributed by atoms with van der Waals surface area (Å²) < 4.78 is 6.85. The average molecular weight is 375 g/mol. The highest BCUT2D eigenvalue weighted by molar-refractivity contribution is 9.10. The SMILES string of the molecule is O=C(NCc1ccccc1)N1CCOC(c2ccc(Br)cc2)C1. The van der Waals surface area contributed by atoms with Crippen LogP contribution in [-0.2, 0) is 11.3 Å². The van der Waals surface area contributed by atoms with Crippen LogP contribution in [0.15, 0.2) is 59.1 Å². The van der Waals surface area contributed by atoms with Crippen molar-refractivity contribution in [3.8, 4) is 0 Å². The molecule has 2 amide bonds. The first-order valence-corrected chi connectivity index (χ1v) is 8.45. The van der Waals surface area contributed by atoms with Crippen molar-refractivity contribution in [3.05, 3.63) is 70.2 Å². The van der Waals surface area contributed by atoms with Crippen molar-refractivity contribution in [2.45, 2.75) is 12.6 Å². The van der Waals surface area contributed by atoms with Crippen LogP contribution in [0, 0.1) is 0 Å². The number of nitrogens with zero attached hydrogens (tertiary/aromatic N) is 1. The van der Waals surface area contributed by atoms with Gasteiger partial charge < -0.3 is 15.0 Å². The Labute approximate surface area is 144 Å². The summed E-state index contributed by atoms with van der Waals surface area (Å²) in [6.07, 6.45) is -0.0701. The third kappa shape index (κ3) is 4.33. The number of nitrogens with one attached hydrogen (secondary N) is 1. The lowest BCUT2D eigenvalue weighted by atomic mass is 10.1. The molecule has 2 aromatic carbocycles. The molecule has 0 bridgehead atoms. The lowest BCUT2D eigenvalue weighted by molar-refractivity contribution is -0.0154. The topological polar surface area (TPSA) is 41.6 Å². The van der Waals surface area contributed by atoms with Gasteiger partial charge in [0.1, 0.15) is 6.10 Å². The smallest absolute Gasteiger partial charge is 0.317 e. The number of carbonyl (C=O) groups excluding carboxylic acids is 1. The summed E-state index contributed by atoms with van der Waals surface area (Å²) in [5.41, 5.74) is 2.19. The number of rotatable bonds is 3. The Morgan fingerprint density at radius 2 is 1.91 bits per heavy atom. The van der Waals surface area contributed by atoms with E-state index in [0.29, 0.717) is 26.2 Å². The van der Waals surface area contributed by atoms with Crippen LogP contribution in [0.25, 0.3) is 0 Å². The minimum Gasteiger partial charge on any atom is -0.370 e. The van der Waals surface area contributed by atoms with Gasteiger partial charge in [-0.05, 0) is 23.3 Å². The van der Waals surface area contributed by atoms with Gasteiger partial charge in [-0.1, -0.05) is 58.4 Å². The molecule has 2 aromatic rings. The maximum Gasteiger partial charge on any atom is 0.317 e. The van der Waals surface area contributed by atoms with Gasteiger partial charge in [0, 0.05) is 17.6 Å². The number of amides is 2. The van der Waals surface area contributed by atoms with Gasteiger partial charge >= 0.3 is 6.03 Å². The number of halogens is 1. The second-order valence-electron chi connectivity index (χ2n) is 5.50. The molecule has 0 spiro atoms. The predicted molar refractivity (Wildman–Crippen MR) is 93.1 cm³/mol. The van der Waals surface area contributed by atoms with Crippen LogP contribution in [0.4, 0.5) is 4.79 Å². The normalized spacial score (nSPS) is 17.8. The van der Waals surface area contributed by atoms with E-state index >= 15 is 0 Å². The van der Waals surface area contributed by atoms with Crippen molar-refractivity contribution in [2.24, 2.45) is 0 Å². The Bertz CT molecular complexity index is 646. The lowest BCUT2D eigenvalue weighted by Crippen LogP contribution is -2.46. The van der Waals surface area contributed by atoms with E-state index < -0.39 is 0 Å². The fourth-order valence-corrected chi connectivity index (χ4v) is 2.86. The molecule has 0 aromatic heterocycles. The summed E-state index contributed by atoms with van der Waals surface area (Å²) in [6.45, 7) is 2.29. The molecule has 5 heteroatoms. The molecule has 0 aliphatic carbocycles. The van der Waals surface area contributed by atoms with Crippen molar-refractivity contribution >= 4 is 22.0 Å². The Morgan fingerprint density at radius 3 is 2.65 bits per heavy atom. The van der Waals surface area contributed by atoms with Crippen LogP contribution in [-0.4, -0.2) is 30.6 Å². The van der Waals surface area contributed by atoms with Crippen molar-refractivity contribution in [3.63, 3.8) is 0 Å². The van der Waals surface area contributed by atoms with Crippen LogP contribution in [0.1, 0.15) is 17.2 Å². The van der Waals surface area contributed by atoms with Gasteiger partial charge in [0.05, 0.1) is 13.2 Å². The number of morpholine rings is 1. The molecule has 1 unspecified atom stereocenters. The van der Waals surface area contributed by atoms with E-state index in [9.17, 15) is 4.79 Å². The first-order valence-electron chi connectivity index (χ1n) is 7.66. The zero-order valence-electron chi connectivity index (χ0n) is 12.7. The summed E-state index contributed by atoms with van der Waals surface area (Å²) in [5.74, 6) is 0. The molecule has 0 saturated carbocycles. The van der Waals surface area contributed by atoms with Crippen molar-refractivity contribution in [1.82, 2.24) is 10.2 Å². The van der Waals surface area contributed by atoms with E-state index in [4.69, 9.17) is 4.74 Å². The van der Waals surface area contributed by atoms with E-state index in [-0.39, 0.29) is 12.1 Å². The Balaban J connectivity index is 1.57. The second kappa shape index (κ2) is 7.62. The summed E-state index contributed by atoms with van der Waals surface area (Å²) in [4.78, 5) is 14.2. The number of hydrogen-bond acceptors (Lipinski definition) is 2. The molecule has 1 aliphatic rings. The Morgan fingerprint density at radius 1 is 1.17 bits per heavy atom. The van der Waals surface area contributed by atoms with Gasteiger partial charge in [-0.25, -0.2) is 4.79 Å². The maximum absolute atomic E-state index is 12.4. The first kappa shape index (κ1) is 16.0. The quantitative estimate of drug-likeness (QED) is 0.888. The van der Waals surface area contributed by atoms with E-state index in [2.05, 4.69) is 21.2 Å². The number of urea groups is 1. The highest BCUT2D eigenvalue weighted by atomic mass is 79.9. The predicted octanol–water partition coefficient (Wildman–Crippen LogP) is 3.73. The van der Waals surface area contributed by atoms with Crippen LogP contribution in [0.5, 0.6) is 0 Å². The Hall–Kier alpha value is -1.85. The third-order valence-corrected chi connectivity index (χ3v) is 4.41. The van der Waals surface area contributed by atoms with Gasteiger partial charge in [-0.2, -0.15) is 0 Å². The van der Waals surface area contributed by atoms with Crippen molar-refractivity contribution in [1.29, 1.82) is 0 Å².